The van der Waals surface area contributed by atoms with Crippen molar-refractivity contribution in [1.29, 1.82) is 0 Å². The van der Waals surface area contributed by atoms with E-state index < -0.39 is 0 Å². The summed E-state index contributed by atoms with van der Waals surface area (Å²) in [6.07, 6.45) is 3.83. The molecule has 0 bridgehead atoms. The summed E-state index contributed by atoms with van der Waals surface area (Å²) < 4.78 is 0. The van der Waals surface area contributed by atoms with Gasteiger partial charge in [-0.05, 0) is 42.7 Å². The number of nitrogens with zero attached hydrogens (tertiary/aromatic N) is 2. The van der Waals surface area contributed by atoms with Crippen molar-refractivity contribution in [2.75, 3.05) is 17.2 Å². The summed E-state index contributed by atoms with van der Waals surface area (Å²) in [6.45, 7) is 0.864. The summed E-state index contributed by atoms with van der Waals surface area (Å²) >= 11 is 5.98. The Labute approximate surface area is 146 Å². The second kappa shape index (κ2) is 8.31. The normalized spacial score (nSPS) is 10.4. The van der Waals surface area contributed by atoms with Crippen molar-refractivity contribution in [3.05, 3.63) is 77.4 Å². The van der Waals surface area contributed by atoms with E-state index in [9.17, 15) is 0 Å². The van der Waals surface area contributed by atoms with Crippen molar-refractivity contribution >= 4 is 29.1 Å². The van der Waals surface area contributed by atoms with Crippen LogP contribution in [0.2, 0.25) is 5.02 Å². The summed E-state index contributed by atoms with van der Waals surface area (Å²) in [5, 5.41) is 7.17. The monoisotopic (exact) mass is 338 g/mol. The van der Waals surface area contributed by atoms with E-state index >= 15 is 0 Å². The molecule has 1 heterocycles. The van der Waals surface area contributed by atoms with Crippen LogP contribution in [0.15, 0.2) is 66.9 Å². The van der Waals surface area contributed by atoms with Crippen LogP contribution in [0, 0.1) is 0 Å². The van der Waals surface area contributed by atoms with Crippen LogP contribution < -0.4 is 10.6 Å². The van der Waals surface area contributed by atoms with E-state index in [0.29, 0.717) is 11.0 Å². The molecule has 3 rings (SSSR count). The molecule has 1 aromatic heterocycles. The molecule has 0 unspecified atom stereocenters. The third-order valence-corrected chi connectivity index (χ3v) is 3.76. The number of aryl methyl sites for hydroxylation is 1. The Balaban J connectivity index is 1.51. The van der Waals surface area contributed by atoms with Crippen molar-refractivity contribution in [2.45, 2.75) is 12.8 Å². The van der Waals surface area contributed by atoms with Crippen LogP contribution in [0.1, 0.15) is 12.0 Å². The number of benzene rings is 2. The number of rotatable bonds is 7. The highest BCUT2D eigenvalue weighted by molar-refractivity contribution is 6.30. The number of halogens is 1. The molecule has 24 heavy (non-hydrogen) atoms. The van der Waals surface area contributed by atoms with Gasteiger partial charge in [0.15, 0.2) is 0 Å². The minimum absolute atomic E-state index is 0.547. The Hall–Kier alpha value is -2.59. The number of hydrogen-bond acceptors (Lipinski definition) is 4. The Morgan fingerprint density at radius 3 is 2.67 bits per heavy atom. The molecule has 0 amide bonds. The molecule has 0 radical (unpaired) electrons. The smallest absolute Gasteiger partial charge is 0.229 e. The number of nitrogens with one attached hydrogen (secondary N) is 2. The molecule has 0 saturated carbocycles. The zero-order valence-corrected chi connectivity index (χ0v) is 14.0. The second-order valence-corrected chi connectivity index (χ2v) is 5.85. The van der Waals surface area contributed by atoms with E-state index in [4.69, 9.17) is 11.6 Å². The van der Waals surface area contributed by atoms with Crippen LogP contribution in [0.5, 0.6) is 0 Å². The molecular formula is C19H19ClN4. The molecule has 5 heteroatoms. The van der Waals surface area contributed by atoms with Gasteiger partial charge in [0.25, 0.3) is 0 Å². The number of hydrogen-bond donors (Lipinski definition) is 2. The Kier molecular flexibility index (Phi) is 5.64. The fourth-order valence-electron chi connectivity index (χ4n) is 2.37. The first kappa shape index (κ1) is 16.3. The molecule has 3 aromatic rings. The summed E-state index contributed by atoms with van der Waals surface area (Å²) in [4.78, 5) is 8.70. The lowest BCUT2D eigenvalue weighted by Crippen LogP contribution is -2.06. The predicted molar refractivity (Wildman–Crippen MR) is 100 cm³/mol. The molecule has 0 saturated heterocycles. The molecule has 0 spiro atoms. The second-order valence-electron chi connectivity index (χ2n) is 5.42. The lowest BCUT2D eigenvalue weighted by Gasteiger charge is -2.08. The minimum atomic E-state index is 0.547. The Morgan fingerprint density at radius 1 is 0.958 bits per heavy atom. The highest BCUT2D eigenvalue weighted by Gasteiger charge is 2.01. The number of anilines is 3. The topological polar surface area (TPSA) is 49.8 Å². The van der Waals surface area contributed by atoms with Gasteiger partial charge >= 0.3 is 0 Å². The van der Waals surface area contributed by atoms with Crippen LogP contribution >= 0.6 is 11.6 Å². The number of aromatic nitrogens is 2. The minimum Gasteiger partial charge on any atom is -0.370 e. The van der Waals surface area contributed by atoms with Gasteiger partial charge in [0.1, 0.15) is 5.82 Å². The first-order chi connectivity index (χ1) is 11.8. The van der Waals surface area contributed by atoms with Crippen LogP contribution in [0.3, 0.4) is 0 Å². The molecule has 0 atom stereocenters. The van der Waals surface area contributed by atoms with Crippen LogP contribution in [0.4, 0.5) is 17.5 Å². The maximum Gasteiger partial charge on any atom is 0.229 e. The maximum absolute atomic E-state index is 5.98. The van der Waals surface area contributed by atoms with Gasteiger partial charge in [-0.3, -0.25) is 0 Å². The third kappa shape index (κ3) is 4.96. The van der Waals surface area contributed by atoms with Crippen molar-refractivity contribution in [1.82, 2.24) is 9.97 Å². The van der Waals surface area contributed by atoms with Gasteiger partial charge in [-0.1, -0.05) is 48.0 Å². The average Bonchev–Trinajstić information content (AvgIpc) is 2.60. The van der Waals surface area contributed by atoms with Crippen molar-refractivity contribution in [3.8, 4) is 0 Å². The molecule has 0 aliphatic carbocycles. The van der Waals surface area contributed by atoms with Crippen LogP contribution in [-0.2, 0) is 6.42 Å². The molecule has 122 valence electrons. The van der Waals surface area contributed by atoms with Crippen molar-refractivity contribution in [3.63, 3.8) is 0 Å². The Morgan fingerprint density at radius 2 is 1.83 bits per heavy atom. The average molecular weight is 339 g/mol. The highest BCUT2D eigenvalue weighted by atomic mass is 35.5. The zero-order valence-electron chi connectivity index (χ0n) is 13.2. The maximum atomic E-state index is 5.98. The molecule has 4 nitrogen and oxygen atoms in total. The zero-order chi connectivity index (χ0) is 16.6. The summed E-state index contributed by atoms with van der Waals surface area (Å²) in [7, 11) is 0. The molecular weight excluding hydrogens is 320 g/mol. The van der Waals surface area contributed by atoms with E-state index in [-0.39, 0.29) is 0 Å². The summed E-state index contributed by atoms with van der Waals surface area (Å²) in [6, 6.07) is 19.8. The van der Waals surface area contributed by atoms with Crippen LogP contribution in [-0.4, -0.2) is 16.5 Å². The van der Waals surface area contributed by atoms with Crippen molar-refractivity contribution in [2.24, 2.45) is 0 Å². The van der Waals surface area contributed by atoms with Gasteiger partial charge in [-0.2, -0.15) is 4.98 Å². The first-order valence-corrected chi connectivity index (χ1v) is 8.31. The van der Waals surface area contributed by atoms with Gasteiger partial charge in [-0.25, -0.2) is 4.98 Å². The Bertz CT molecular complexity index is 777. The van der Waals surface area contributed by atoms with Gasteiger partial charge in [0.2, 0.25) is 5.95 Å². The van der Waals surface area contributed by atoms with E-state index in [1.807, 2.05) is 36.4 Å². The van der Waals surface area contributed by atoms with Gasteiger partial charge in [0, 0.05) is 23.5 Å². The van der Waals surface area contributed by atoms with Gasteiger partial charge < -0.3 is 10.6 Å². The molecule has 2 aromatic carbocycles. The molecule has 0 fully saturated rings. The highest BCUT2D eigenvalue weighted by Crippen LogP contribution is 2.18. The fourth-order valence-corrected chi connectivity index (χ4v) is 2.56. The predicted octanol–water partition coefficient (Wildman–Crippen LogP) is 4.92. The summed E-state index contributed by atoms with van der Waals surface area (Å²) in [5.41, 5.74) is 2.22. The SMILES string of the molecule is Clc1cccc(Nc2nccc(NCCCc3ccccc3)n2)c1. The quantitative estimate of drug-likeness (QED) is 0.600. The van der Waals surface area contributed by atoms with E-state index in [0.717, 1.165) is 30.9 Å². The van der Waals surface area contributed by atoms with E-state index in [1.54, 1.807) is 6.20 Å². The van der Waals surface area contributed by atoms with Crippen molar-refractivity contribution < 1.29 is 0 Å². The third-order valence-electron chi connectivity index (χ3n) is 3.53. The van der Waals surface area contributed by atoms with Crippen LogP contribution in [0.25, 0.3) is 0 Å². The van der Waals surface area contributed by atoms with Gasteiger partial charge in [-0.15, -0.1) is 0 Å². The first-order valence-electron chi connectivity index (χ1n) is 7.93. The van der Waals surface area contributed by atoms with Gasteiger partial charge in [0.05, 0.1) is 0 Å². The molecule has 2 N–H and O–H groups in total. The van der Waals surface area contributed by atoms with E-state index in [2.05, 4.69) is 44.9 Å². The largest absolute Gasteiger partial charge is 0.370 e. The standard InChI is InChI=1S/C19H19ClN4/c20-16-9-4-10-17(14-16)23-19-22-13-11-18(24-19)21-12-5-8-15-6-2-1-3-7-15/h1-4,6-7,9-11,13-14H,5,8,12H2,(H2,21,22,23,24). The summed E-state index contributed by atoms with van der Waals surface area (Å²) in [5.74, 6) is 1.35. The molecule has 0 aliphatic rings. The van der Waals surface area contributed by atoms with E-state index in [1.165, 1.54) is 5.56 Å². The fraction of sp³-hybridized carbons (Fsp3) is 0.158. The lowest BCUT2D eigenvalue weighted by molar-refractivity contribution is 0.858. The molecule has 0 aliphatic heterocycles. The lowest BCUT2D eigenvalue weighted by atomic mass is 10.1.